The maximum atomic E-state index is 12.5. The minimum Gasteiger partial charge on any atom is -0.496 e. The Kier molecular flexibility index (Phi) is 6.93. The first-order chi connectivity index (χ1) is 9.61. The van der Waals surface area contributed by atoms with E-state index in [0.717, 1.165) is 15.9 Å². The van der Waals surface area contributed by atoms with E-state index in [9.17, 15) is 4.79 Å². The Hall–Kier alpha value is -0.820. The average molecular weight is 380 g/mol. The van der Waals surface area contributed by atoms with Gasteiger partial charge in [-0.3, -0.25) is 4.79 Å². The molecule has 1 fully saturated rings. The highest BCUT2D eigenvalue weighted by atomic mass is 79.9. The molecule has 0 radical (unpaired) electrons. The van der Waals surface area contributed by atoms with Crippen LogP contribution in [-0.2, 0) is 9.53 Å². The van der Waals surface area contributed by atoms with E-state index in [1.165, 1.54) is 0 Å². The van der Waals surface area contributed by atoms with Crippen molar-refractivity contribution >= 4 is 39.9 Å². The SMILES string of the molecule is COc1ccc(NC(=O)C2(CN)CCOCC2)cc1Br.Cl. The molecule has 1 aliphatic heterocycles. The monoisotopic (exact) mass is 378 g/mol. The predicted octanol–water partition coefficient (Wildman–Crippen LogP) is 2.57. The number of nitrogens with one attached hydrogen (secondary N) is 1. The highest BCUT2D eigenvalue weighted by molar-refractivity contribution is 9.10. The van der Waals surface area contributed by atoms with Crippen LogP contribution >= 0.6 is 28.3 Å². The largest absolute Gasteiger partial charge is 0.496 e. The van der Waals surface area contributed by atoms with Gasteiger partial charge in [0.05, 0.1) is 17.0 Å². The molecule has 3 N–H and O–H groups in total. The quantitative estimate of drug-likeness (QED) is 0.843. The van der Waals surface area contributed by atoms with Crippen molar-refractivity contribution < 1.29 is 14.3 Å². The average Bonchev–Trinajstić information content (AvgIpc) is 2.48. The second kappa shape index (κ2) is 7.98. The van der Waals surface area contributed by atoms with Crippen molar-refractivity contribution in [3.8, 4) is 5.75 Å². The van der Waals surface area contributed by atoms with Crippen molar-refractivity contribution in [2.24, 2.45) is 11.1 Å². The molecule has 118 valence electrons. The van der Waals surface area contributed by atoms with E-state index in [-0.39, 0.29) is 18.3 Å². The van der Waals surface area contributed by atoms with Gasteiger partial charge < -0.3 is 20.5 Å². The van der Waals surface area contributed by atoms with Crippen molar-refractivity contribution in [2.75, 3.05) is 32.2 Å². The molecular formula is C14H20BrClN2O3. The Balaban J connectivity index is 0.00000220. The summed E-state index contributed by atoms with van der Waals surface area (Å²) in [5.41, 5.74) is 6.02. The third kappa shape index (κ3) is 4.10. The first-order valence-electron chi connectivity index (χ1n) is 6.54. The number of anilines is 1. The zero-order valence-corrected chi connectivity index (χ0v) is 14.3. The van der Waals surface area contributed by atoms with Crippen LogP contribution in [0, 0.1) is 5.41 Å². The molecule has 1 amide bonds. The zero-order chi connectivity index (χ0) is 14.6. The van der Waals surface area contributed by atoms with E-state index >= 15 is 0 Å². The van der Waals surface area contributed by atoms with Gasteiger partial charge in [0, 0.05) is 25.4 Å². The second-order valence-corrected chi connectivity index (χ2v) is 5.75. The fourth-order valence-electron chi connectivity index (χ4n) is 2.29. The van der Waals surface area contributed by atoms with Crippen LogP contribution in [0.25, 0.3) is 0 Å². The number of amides is 1. The summed E-state index contributed by atoms with van der Waals surface area (Å²) in [6, 6.07) is 5.43. The molecule has 0 aromatic heterocycles. The number of carbonyl (C=O) groups is 1. The summed E-state index contributed by atoms with van der Waals surface area (Å²) in [7, 11) is 1.60. The van der Waals surface area contributed by atoms with Crippen LogP contribution in [0.15, 0.2) is 22.7 Å². The Labute approximate surface area is 139 Å². The summed E-state index contributed by atoms with van der Waals surface area (Å²) in [5.74, 6) is 0.683. The van der Waals surface area contributed by atoms with Gasteiger partial charge in [-0.1, -0.05) is 0 Å². The van der Waals surface area contributed by atoms with Crippen LogP contribution in [0.4, 0.5) is 5.69 Å². The number of carbonyl (C=O) groups excluding carboxylic acids is 1. The lowest BCUT2D eigenvalue weighted by atomic mass is 9.79. The van der Waals surface area contributed by atoms with Gasteiger partial charge in [0.1, 0.15) is 5.75 Å². The topological polar surface area (TPSA) is 73.6 Å². The fraction of sp³-hybridized carbons (Fsp3) is 0.500. The highest BCUT2D eigenvalue weighted by Crippen LogP contribution is 2.32. The molecule has 21 heavy (non-hydrogen) atoms. The number of halogens is 2. The van der Waals surface area contributed by atoms with Gasteiger partial charge in [-0.15, -0.1) is 12.4 Å². The molecule has 2 rings (SSSR count). The van der Waals surface area contributed by atoms with Gasteiger partial charge in [-0.25, -0.2) is 0 Å². The molecular weight excluding hydrogens is 360 g/mol. The first kappa shape index (κ1) is 18.2. The third-order valence-electron chi connectivity index (χ3n) is 3.73. The van der Waals surface area contributed by atoms with E-state index in [0.29, 0.717) is 32.6 Å². The van der Waals surface area contributed by atoms with E-state index in [2.05, 4.69) is 21.2 Å². The summed E-state index contributed by atoms with van der Waals surface area (Å²) < 4.78 is 11.3. The molecule has 1 saturated heterocycles. The number of nitrogens with two attached hydrogens (primary N) is 1. The van der Waals surface area contributed by atoms with Crippen LogP contribution in [-0.4, -0.2) is 32.8 Å². The summed E-state index contributed by atoms with van der Waals surface area (Å²) in [4.78, 5) is 12.5. The molecule has 0 atom stereocenters. The molecule has 1 heterocycles. The molecule has 5 nitrogen and oxygen atoms in total. The lowest BCUT2D eigenvalue weighted by Crippen LogP contribution is -2.46. The van der Waals surface area contributed by atoms with E-state index in [1.807, 2.05) is 12.1 Å². The van der Waals surface area contributed by atoms with Crippen molar-refractivity contribution in [3.05, 3.63) is 22.7 Å². The standard InChI is InChI=1S/C14H19BrN2O3.ClH/c1-19-12-3-2-10(8-11(12)15)17-13(18)14(9-16)4-6-20-7-5-14;/h2-3,8H,4-7,9,16H2,1H3,(H,17,18);1H. The van der Waals surface area contributed by atoms with Gasteiger partial charge in [0.25, 0.3) is 0 Å². The van der Waals surface area contributed by atoms with Crippen LogP contribution in [0.2, 0.25) is 0 Å². The van der Waals surface area contributed by atoms with Gasteiger partial charge >= 0.3 is 0 Å². The number of rotatable bonds is 4. The Morgan fingerprint density at radius 1 is 1.48 bits per heavy atom. The van der Waals surface area contributed by atoms with Crippen molar-refractivity contribution in [2.45, 2.75) is 12.8 Å². The molecule has 1 aromatic carbocycles. The lowest BCUT2D eigenvalue weighted by molar-refractivity contribution is -0.130. The summed E-state index contributed by atoms with van der Waals surface area (Å²) in [6.07, 6.45) is 1.32. The third-order valence-corrected chi connectivity index (χ3v) is 4.35. The number of methoxy groups -OCH3 is 1. The molecule has 7 heteroatoms. The first-order valence-corrected chi connectivity index (χ1v) is 7.33. The molecule has 0 aliphatic carbocycles. The van der Waals surface area contributed by atoms with Crippen LogP contribution in [0.3, 0.4) is 0 Å². The number of hydrogen-bond donors (Lipinski definition) is 2. The minimum atomic E-state index is -0.523. The molecule has 0 spiro atoms. The van der Waals surface area contributed by atoms with Crippen LogP contribution in [0.1, 0.15) is 12.8 Å². The molecule has 1 aromatic rings. The zero-order valence-electron chi connectivity index (χ0n) is 11.9. The van der Waals surface area contributed by atoms with E-state index < -0.39 is 5.41 Å². The molecule has 0 saturated carbocycles. The molecule has 1 aliphatic rings. The smallest absolute Gasteiger partial charge is 0.232 e. The number of benzene rings is 1. The fourth-order valence-corrected chi connectivity index (χ4v) is 2.83. The Morgan fingerprint density at radius 3 is 2.67 bits per heavy atom. The van der Waals surface area contributed by atoms with Gasteiger partial charge in [0.15, 0.2) is 0 Å². The van der Waals surface area contributed by atoms with E-state index in [4.69, 9.17) is 15.2 Å². The van der Waals surface area contributed by atoms with Crippen molar-refractivity contribution in [1.82, 2.24) is 0 Å². The van der Waals surface area contributed by atoms with Gasteiger partial charge in [0.2, 0.25) is 5.91 Å². The Bertz CT molecular complexity index is 493. The predicted molar refractivity (Wildman–Crippen MR) is 88.1 cm³/mol. The van der Waals surface area contributed by atoms with Gasteiger partial charge in [-0.05, 0) is 47.0 Å². The van der Waals surface area contributed by atoms with Crippen molar-refractivity contribution in [1.29, 1.82) is 0 Å². The highest BCUT2D eigenvalue weighted by Gasteiger charge is 2.38. The maximum Gasteiger partial charge on any atom is 0.232 e. The minimum absolute atomic E-state index is 0. The van der Waals surface area contributed by atoms with Crippen LogP contribution < -0.4 is 15.8 Å². The lowest BCUT2D eigenvalue weighted by Gasteiger charge is -2.34. The number of hydrogen-bond acceptors (Lipinski definition) is 4. The summed E-state index contributed by atoms with van der Waals surface area (Å²) in [6.45, 7) is 1.49. The van der Waals surface area contributed by atoms with Gasteiger partial charge in [-0.2, -0.15) is 0 Å². The van der Waals surface area contributed by atoms with Crippen molar-refractivity contribution in [3.63, 3.8) is 0 Å². The Morgan fingerprint density at radius 2 is 2.14 bits per heavy atom. The van der Waals surface area contributed by atoms with E-state index in [1.54, 1.807) is 13.2 Å². The maximum absolute atomic E-state index is 12.5. The second-order valence-electron chi connectivity index (χ2n) is 4.90. The number of ether oxygens (including phenoxy) is 2. The normalized spacial score (nSPS) is 16.7. The summed E-state index contributed by atoms with van der Waals surface area (Å²) in [5, 5.41) is 2.94. The molecule has 0 bridgehead atoms. The molecule has 0 unspecified atom stereocenters. The van der Waals surface area contributed by atoms with Crippen LogP contribution in [0.5, 0.6) is 5.75 Å². The summed E-state index contributed by atoms with van der Waals surface area (Å²) >= 11 is 3.40.